The topological polar surface area (TPSA) is 100 Å². The minimum Gasteiger partial charge on any atom is -0.368 e. The van der Waals surface area contributed by atoms with Crippen LogP contribution in [0.5, 0.6) is 0 Å². The molecule has 2 fully saturated rings. The van der Waals surface area contributed by atoms with Crippen molar-refractivity contribution in [3.05, 3.63) is 78.0 Å². The Hall–Kier alpha value is -3.29. The van der Waals surface area contributed by atoms with E-state index in [-0.39, 0.29) is 11.8 Å². The Balaban J connectivity index is 0.000000170. The molecule has 1 unspecified atom stereocenters. The van der Waals surface area contributed by atoms with Gasteiger partial charge >= 0.3 is 0 Å². The first-order valence-corrected chi connectivity index (χ1v) is 13.0. The lowest BCUT2D eigenvalue weighted by molar-refractivity contribution is -0.130. The van der Waals surface area contributed by atoms with Crippen molar-refractivity contribution in [2.45, 2.75) is 44.7 Å². The second kappa shape index (κ2) is 13.1. The van der Waals surface area contributed by atoms with Crippen LogP contribution in [-0.4, -0.2) is 47.9 Å². The molecule has 2 heterocycles. The predicted molar refractivity (Wildman–Crippen MR) is 143 cm³/mol. The molecule has 190 valence electrons. The molecule has 2 aliphatic rings. The number of fused-ring (bicyclic) bond motifs is 1. The minimum absolute atomic E-state index is 0.0271. The van der Waals surface area contributed by atoms with Crippen molar-refractivity contribution >= 4 is 22.7 Å². The maximum Gasteiger partial charge on any atom is 0.244 e. The number of para-hydroxylation sites is 1. The first-order chi connectivity index (χ1) is 17.6. The zero-order valence-electron chi connectivity index (χ0n) is 20.9. The van der Waals surface area contributed by atoms with E-state index >= 15 is 0 Å². The molecule has 7 nitrogen and oxygen atoms in total. The third kappa shape index (κ3) is 7.35. The molecule has 0 radical (unpaired) electrons. The minimum atomic E-state index is -0.726. The van der Waals surface area contributed by atoms with Crippen LogP contribution in [0.15, 0.2) is 66.9 Å². The molecule has 36 heavy (non-hydrogen) atoms. The largest absolute Gasteiger partial charge is 0.368 e. The van der Waals surface area contributed by atoms with Crippen LogP contribution in [0.4, 0.5) is 0 Å². The van der Waals surface area contributed by atoms with E-state index in [0.717, 1.165) is 69.5 Å². The van der Waals surface area contributed by atoms with E-state index in [0.29, 0.717) is 0 Å². The lowest BCUT2D eigenvalue weighted by Crippen LogP contribution is -2.42. The quantitative estimate of drug-likeness (QED) is 0.494. The zero-order chi connectivity index (χ0) is 25.2. The maximum absolute atomic E-state index is 12.2. The van der Waals surface area contributed by atoms with Gasteiger partial charge in [0.2, 0.25) is 11.8 Å². The Kier molecular flexibility index (Phi) is 9.41. The van der Waals surface area contributed by atoms with Gasteiger partial charge in [0.15, 0.2) is 0 Å². The van der Waals surface area contributed by atoms with Crippen LogP contribution in [-0.2, 0) is 16.1 Å². The highest BCUT2D eigenvalue weighted by Crippen LogP contribution is 2.25. The summed E-state index contributed by atoms with van der Waals surface area (Å²) in [7, 11) is 0. The summed E-state index contributed by atoms with van der Waals surface area (Å²) in [6, 6.07) is 18.9. The smallest absolute Gasteiger partial charge is 0.244 e. The van der Waals surface area contributed by atoms with Crippen molar-refractivity contribution < 1.29 is 9.59 Å². The van der Waals surface area contributed by atoms with Gasteiger partial charge in [-0.15, -0.1) is 0 Å². The fraction of sp³-hybridized carbons (Fsp3) is 0.414. The second-order valence-corrected chi connectivity index (χ2v) is 9.65. The Morgan fingerprint density at radius 1 is 1.00 bits per heavy atom. The van der Waals surface area contributed by atoms with Gasteiger partial charge in [-0.25, -0.2) is 0 Å². The number of aromatic nitrogens is 1. The number of benzene rings is 2. The van der Waals surface area contributed by atoms with Gasteiger partial charge in [-0.2, -0.15) is 0 Å². The number of carbonyl (C=O) groups excluding carboxylic acids is 2. The van der Waals surface area contributed by atoms with Crippen LogP contribution in [0.3, 0.4) is 0 Å². The number of amides is 2. The van der Waals surface area contributed by atoms with Crippen molar-refractivity contribution in [3.8, 4) is 0 Å². The monoisotopic (exact) mass is 487 g/mol. The van der Waals surface area contributed by atoms with Crippen molar-refractivity contribution in [1.29, 1.82) is 0 Å². The molecule has 1 aliphatic heterocycles. The number of nitrogens with zero attached hydrogens (tertiary/aromatic N) is 2. The normalized spacial score (nSPS) is 17.6. The molecule has 1 aromatic heterocycles. The molecule has 0 spiro atoms. The van der Waals surface area contributed by atoms with Gasteiger partial charge in [0.1, 0.15) is 6.04 Å². The average Bonchev–Trinajstić information content (AvgIpc) is 2.93. The number of rotatable bonds is 6. The molecule has 0 bridgehead atoms. The summed E-state index contributed by atoms with van der Waals surface area (Å²) in [5, 5.41) is 7.40. The summed E-state index contributed by atoms with van der Waals surface area (Å²) in [5.41, 5.74) is 8.52. The SMILES string of the molecule is NC(=O)C(NC(=O)C1CCCCC1)c1ccccc1.c1ccc2ncc(CN3CCNCC3)cc2c1. The van der Waals surface area contributed by atoms with Crippen molar-refractivity contribution in [2.75, 3.05) is 26.2 Å². The summed E-state index contributed by atoms with van der Waals surface area (Å²) in [5.74, 6) is -0.540. The van der Waals surface area contributed by atoms with Crippen molar-refractivity contribution in [3.63, 3.8) is 0 Å². The Bertz CT molecular complexity index is 1120. The molecule has 2 aromatic carbocycles. The van der Waals surface area contributed by atoms with E-state index in [4.69, 9.17) is 5.73 Å². The Morgan fingerprint density at radius 3 is 2.42 bits per heavy atom. The number of primary amides is 1. The lowest BCUT2D eigenvalue weighted by atomic mass is 9.88. The summed E-state index contributed by atoms with van der Waals surface area (Å²) in [4.78, 5) is 30.7. The second-order valence-electron chi connectivity index (χ2n) is 9.65. The third-order valence-corrected chi connectivity index (χ3v) is 6.94. The van der Waals surface area contributed by atoms with Crippen molar-refractivity contribution in [2.24, 2.45) is 11.7 Å². The molecule has 1 saturated carbocycles. The van der Waals surface area contributed by atoms with Crippen LogP contribution in [0.25, 0.3) is 10.9 Å². The van der Waals surface area contributed by atoms with Crippen molar-refractivity contribution in [1.82, 2.24) is 20.5 Å². The van der Waals surface area contributed by atoms with Crippen LogP contribution >= 0.6 is 0 Å². The summed E-state index contributed by atoms with van der Waals surface area (Å²) < 4.78 is 0. The zero-order valence-corrected chi connectivity index (χ0v) is 20.9. The van der Waals surface area contributed by atoms with Gasteiger partial charge < -0.3 is 16.4 Å². The average molecular weight is 488 g/mol. The van der Waals surface area contributed by atoms with E-state index in [1.54, 1.807) is 12.1 Å². The van der Waals surface area contributed by atoms with Gasteiger partial charge in [0.25, 0.3) is 0 Å². The maximum atomic E-state index is 12.2. The number of hydrogen-bond donors (Lipinski definition) is 3. The Morgan fingerprint density at radius 2 is 1.69 bits per heavy atom. The number of nitrogens with two attached hydrogens (primary N) is 1. The highest BCUT2D eigenvalue weighted by molar-refractivity contribution is 5.88. The van der Waals surface area contributed by atoms with Gasteiger partial charge in [0.05, 0.1) is 5.52 Å². The van der Waals surface area contributed by atoms with Crippen LogP contribution in [0.2, 0.25) is 0 Å². The van der Waals surface area contributed by atoms with Crippen LogP contribution in [0.1, 0.15) is 49.3 Å². The highest BCUT2D eigenvalue weighted by atomic mass is 16.2. The molecule has 1 aliphatic carbocycles. The molecule has 3 aromatic rings. The van der Waals surface area contributed by atoms with Gasteiger partial charge in [-0.05, 0) is 36.1 Å². The molecule has 5 rings (SSSR count). The highest BCUT2D eigenvalue weighted by Gasteiger charge is 2.26. The molecule has 4 N–H and O–H groups in total. The first kappa shape index (κ1) is 25.8. The number of carbonyl (C=O) groups is 2. The third-order valence-electron chi connectivity index (χ3n) is 6.94. The van der Waals surface area contributed by atoms with E-state index in [1.807, 2.05) is 30.5 Å². The van der Waals surface area contributed by atoms with E-state index < -0.39 is 11.9 Å². The Labute approximate surface area is 213 Å². The summed E-state index contributed by atoms with van der Waals surface area (Å²) >= 11 is 0. The van der Waals surface area contributed by atoms with E-state index in [2.05, 4.69) is 44.8 Å². The molecule has 7 heteroatoms. The van der Waals surface area contributed by atoms with Crippen LogP contribution < -0.4 is 16.4 Å². The standard InChI is InChI=1S/C15H20N2O2.C14H17N3/c16-14(18)13(11-7-3-1-4-8-11)17-15(19)12-9-5-2-6-10-12;1-2-4-14-13(3-1)9-12(10-16-14)11-17-7-5-15-6-8-17/h1,3-4,7-8,12-13H,2,5-6,9-10H2,(H2,16,18)(H,17,19);1-4,9-10,15H,5-8,11H2. The number of pyridine rings is 1. The van der Waals surface area contributed by atoms with Gasteiger partial charge in [-0.1, -0.05) is 67.8 Å². The number of nitrogens with one attached hydrogen (secondary N) is 2. The molecular formula is C29H37N5O2. The van der Waals surface area contributed by atoms with E-state index in [9.17, 15) is 9.59 Å². The van der Waals surface area contributed by atoms with Gasteiger partial charge in [-0.3, -0.25) is 19.5 Å². The molecule has 1 saturated heterocycles. The predicted octanol–water partition coefficient (Wildman–Crippen LogP) is 3.55. The molecule has 2 amide bonds. The summed E-state index contributed by atoms with van der Waals surface area (Å²) in [6.45, 7) is 5.47. The molecule has 1 atom stereocenters. The lowest BCUT2D eigenvalue weighted by Gasteiger charge is -2.27. The first-order valence-electron chi connectivity index (χ1n) is 13.0. The fourth-order valence-corrected chi connectivity index (χ4v) is 4.92. The number of hydrogen-bond acceptors (Lipinski definition) is 5. The fourth-order valence-electron chi connectivity index (χ4n) is 4.92. The van der Waals surface area contributed by atoms with Gasteiger partial charge in [0, 0.05) is 50.2 Å². The van der Waals surface area contributed by atoms with E-state index in [1.165, 1.54) is 17.4 Å². The number of piperazine rings is 1. The summed E-state index contributed by atoms with van der Waals surface area (Å²) in [6.07, 6.45) is 7.19. The molecular weight excluding hydrogens is 450 g/mol. The van der Waals surface area contributed by atoms with Crippen LogP contribution in [0, 0.1) is 5.92 Å².